The zero-order chi connectivity index (χ0) is 19.5. The summed E-state index contributed by atoms with van der Waals surface area (Å²) in [7, 11) is -4.11. The maximum absolute atomic E-state index is 13.3. The molecular formula is C17H26FNO6S. The van der Waals surface area contributed by atoms with Crippen molar-refractivity contribution >= 4 is 21.8 Å². The molecule has 0 fully saturated rings. The molecule has 148 valence electrons. The molecule has 0 saturated heterocycles. The number of carbonyl (C=O) groups excluding carboxylic acids is 1. The summed E-state index contributed by atoms with van der Waals surface area (Å²) < 4.78 is 28.3. The van der Waals surface area contributed by atoms with Gasteiger partial charge in [-0.1, -0.05) is 30.4 Å². The second-order valence-electron chi connectivity index (χ2n) is 6.81. The monoisotopic (exact) mass is 391 g/mol. The summed E-state index contributed by atoms with van der Waals surface area (Å²) in [5, 5.41) is 9.08. The molecule has 26 heavy (non-hydrogen) atoms. The van der Waals surface area contributed by atoms with Gasteiger partial charge >= 0.3 is 11.9 Å². The predicted octanol–water partition coefficient (Wildman–Crippen LogP) is 1.71. The number of carbonyl (C=O) groups is 2. The van der Waals surface area contributed by atoms with Gasteiger partial charge in [0.05, 0.1) is 11.0 Å². The van der Waals surface area contributed by atoms with Gasteiger partial charge in [0.25, 0.3) is 0 Å². The first-order valence-corrected chi connectivity index (χ1v) is 9.31. The van der Waals surface area contributed by atoms with E-state index in [0.717, 1.165) is 6.26 Å². The van der Waals surface area contributed by atoms with Crippen molar-refractivity contribution in [2.75, 3.05) is 0 Å². The number of esters is 1. The minimum Gasteiger partial charge on any atom is -0.480 e. The SMILES string of the molecule is CC=COC(=O)C1(S(=O)(=O)C(C)(C)C)C=CC=CC1C[C@H](N)C(=O)O.F. The zero-order valence-corrected chi connectivity index (χ0v) is 16.0. The molecule has 0 saturated carbocycles. The van der Waals surface area contributed by atoms with Crippen LogP contribution in [0.1, 0.15) is 34.1 Å². The van der Waals surface area contributed by atoms with Crippen molar-refractivity contribution < 1.29 is 32.6 Å². The maximum atomic E-state index is 13.3. The van der Waals surface area contributed by atoms with Crippen molar-refractivity contribution in [2.45, 2.75) is 49.7 Å². The molecule has 0 amide bonds. The van der Waals surface area contributed by atoms with E-state index in [2.05, 4.69) is 0 Å². The molecular weight excluding hydrogens is 365 g/mol. The molecule has 3 atom stereocenters. The van der Waals surface area contributed by atoms with E-state index in [1.54, 1.807) is 13.0 Å². The van der Waals surface area contributed by atoms with Crippen LogP contribution >= 0.6 is 0 Å². The highest BCUT2D eigenvalue weighted by Crippen LogP contribution is 2.42. The number of hydrogen-bond donors (Lipinski definition) is 2. The minimum atomic E-state index is -4.11. The summed E-state index contributed by atoms with van der Waals surface area (Å²) in [6, 6.07) is -1.31. The van der Waals surface area contributed by atoms with Crippen molar-refractivity contribution in [1.29, 1.82) is 0 Å². The highest BCUT2D eigenvalue weighted by Gasteiger charge is 2.59. The summed E-state index contributed by atoms with van der Waals surface area (Å²) in [5.41, 5.74) is 5.60. The summed E-state index contributed by atoms with van der Waals surface area (Å²) in [5.74, 6) is -3.22. The van der Waals surface area contributed by atoms with Gasteiger partial charge < -0.3 is 15.6 Å². The first-order valence-electron chi connectivity index (χ1n) is 7.82. The average molecular weight is 391 g/mol. The molecule has 1 aliphatic rings. The molecule has 2 unspecified atom stereocenters. The van der Waals surface area contributed by atoms with Crippen molar-refractivity contribution in [3.63, 3.8) is 0 Å². The molecule has 0 radical (unpaired) electrons. The Morgan fingerprint density at radius 2 is 1.92 bits per heavy atom. The van der Waals surface area contributed by atoms with Crippen LogP contribution in [0.4, 0.5) is 4.70 Å². The van der Waals surface area contributed by atoms with Crippen LogP contribution in [-0.4, -0.2) is 41.0 Å². The summed E-state index contributed by atoms with van der Waals surface area (Å²) in [6.07, 6.45) is 8.10. The predicted molar refractivity (Wildman–Crippen MR) is 96.8 cm³/mol. The second-order valence-corrected chi connectivity index (χ2v) is 9.72. The molecule has 0 aromatic carbocycles. The Kier molecular flexibility index (Phi) is 7.93. The van der Waals surface area contributed by atoms with Crippen molar-refractivity contribution in [1.82, 2.24) is 0 Å². The molecule has 3 N–H and O–H groups in total. The van der Waals surface area contributed by atoms with Crippen molar-refractivity contribution in [3.8, 4) is 0 Å². The lowest BCUT2D eigenvalue weighted by atomic mass is 9.83. The second kappa shape index (κ2) is 8.59. The van der Waals surface area contributed by atoms with Crippen LogP contribution in [0.25, 0.3) is 0 Å². The van der Waals surface area contributed by atoms with Gasteiger partial charge in [-0.25, -0.2) is 13.2 Å². The molecule has 0 aromatic rings. The van der Waals surface area contributed by atoms with Gasteiger partial charge in [0.2, 0.25) is 0 Å². The molecule has 1 aliphatic carbocycles. The van der Waals surface area contributed by atoms with Crippen LogP contribution in [0, 0.1) is 5.92 Å². The van der Waals surface area contributed by atoms with E-state index in [0.29, 0.717) is 0 Å². The fourth-order valence-electron chi connectivity index (χ4n) is 2.64. The lowest BCUT2D eigenvalue weighted by molar-refractivity contribution is -0.142. The highest BCUT2D eigenvalue weighted by molar-refractivity contribution is 7.95. The number of carboxylic acids is 1. The molecule has 0 aromatic heterocycles. The lowest BCUT2D eigenvalue weighted by Gasteiger charge is -2.40. The van der Waals surface area contributed by atoms with E-state index < -0.39 is 43.2 Å². The number of aliphatic carboxylic acids is 1. The van der Waals surface area contributed by atoms with Gasteiger partial charge in [-0.15, -0.1) is 0 Å². The van der Waals surface area contributed by atoms with E-state index in [1.807, 2.05) is 0 Å². The summed E-state index contributed by atoms with van der Waals surface area (Å²) >= 11 is 0. The van der Waals surface area contributed by atoms with Gasteiger partial charge in [-0.3, -0.25) is 9.50 Å². The number of ether oxygens (including phenoxy) is 1. The van der Waals surface area contributed by atoms with Crippen LogP contribution < -0.4 is 5.73 Å². The number of sulfone groups is 1. The highest BCUT2D eigenvalue weighted by atomic mass is 32.2. The lowest BCUT2D eigenvalue weighted by Crippen LogP contribution is -2.58. The Morgan fingerprint density at radius 3 is 2.38 bits per heavy atom. The first kappa shape index (κ1) is 24.0. The van der Waals surface area contributed by atoms with Gasteiger partial charge in [0.1, 0.15) is 6.04 Å². The quantitative estimate of drug-likeness (QED) is 0.522. The number of allylic oxidation sites excluding steroid dienone is 4. The van der Waals surface area contributed by atoms with Gasteiger partial charge in [-0.2, -0.15) is 0 Å². The fraction of sp³-hybridized carbons (Fsp3) is 0.529. The standard InChI is InChI=1S/C17H25NO6S.FH/c1-5-10-24-15(21)17(25(22,23)16(2,3)4)9-7-6-8-12(17)11-13(18)14(19)20;/h5-10,12-13H,11,18H2,1-4H3,(H,19,20);1H/t12?,13-,17?;/m0./s1. The van der Waals surface area contributed by atoms with Crippen LogP contribution in [0.15, 0.2) is 36.6 Å². The third kappa shape index (κ3) is 4.21. The maximum Gasteiger partial charge on any atom is 0.336 e. The Labute approximate surface area is 152 Å². The number of halogens is 1. The number of nitrogens with two attached hydrogens (primary N) is 1. The van der Waals surface area contributed by atoms with E-state index >= 15 is 0 Å². The van der Waals surface area contributed by atoms with E-state index in [9.17, 15) is 18.0 Å². The van der Waals surface area contributed by atoms with Crippen molar-refractivity contribution in [2.24, 2.45) is 11.7 Å². The average Bonchev–Trinajstić information content (AvgIpc) is 2.51. The normalized spacial score (nSPS) is 24.1. The summed E-state index contributed by atoms with van der Waals surface area (Å²) in [6.45, 7) is 6.06. The molecule has 0 bridgehead atoms. The van der Waals surface area contributed by atoms with Gasteiger partial charge in [-0.05, 0) is 34.1 Å². The topological polar surface area (TPSA) is 124 Å². The van der Waals surface area contributed by atoms with E-state index in [-0.39, 0.29) is 11.1 Å². The molecule has 0 aliphatic heterocycles. The minimum absolute atomic E-state index is 0. The number of hydrogen-bond acceptors (Lipinski definition) is 6. The van der Waals surface area contributed by atoms with Gasteiger partial charge in [0, 0.05) is 5.92 Å². The number of rotatable bonds is 6. The Morgan fingerprint density at radius 1 is 1.35 bits per heavy atom. The Balaban J connectivity index is 0.00000625. The smallest absolute Gasteiger partial charge is 0.336 e. The van der Waals surface area contributed by atoms with Crippen LogP contribution in [0.2, 0.25) is 0 Å². The number of carboxylic acid groups (broad SMARTS) is 1. The van der Waals surface area contributed by atoms with Crippen LogP contribution in [-0.2, 0) is 24.2 Å². The molecule has 7 nitrogen and oxygen atoms in total. The van der Waals surface area contributed by atoms with E-state index in [1.165, 1.54) is 45.1 Å². The molecule has 1 rings (SSSR count). The Hall–Kier alpha value is -2.00. The molecule has 0 spiro atoms. The van der Waals surface area contributed by atoms with Crippen LogP contribution in [0.5, 0.6) is 0 Å². The molecule has 9 heteroatoms. The first-order chi connectivity index (χ1) is 11.4. The third-order valence-corrected chi connectivity index (χ3v) is 7.16. The largest absolute Gasteiger partial charge is 0.480 e. The molecule has 0 heterocycles. The Bertz CT molecular complexity index is 720. The van der Waals surface area contributed by atoms with E-state index in [4.69, 9.17) is 15.6 Å². The zero-order valence-electron chi connectivity index (χ0n) is 15.2. The van der Waals surface area contributed by atoms with Crippen molar-refractivity contribution in [3.05, 3.63) is 36.6 Å². The van der Waals surface area contributed by atoms with Crippen LogP contribution in [0.3, 0.4) is 0 Å². The summed E-state index contributed by atoms with van der Waals surface area (Å²) in [4.78, 5) is 23.9. The van der Waals surface area contributed by atoms with Gasteiger partial charge in [0.15, 0.2) is 14.6 Å². The third-order valence-electron chi connectivity index (χ3n) is 4.06. The fourth-order valence-corrected chi connectivity index (χ4v) is 4.75.